The molecular weight excluding hydrogens is 266 g/mol. The maximum absolute atomic E-state index is 5.57. The molecule has 0 aromatic carbocycles. The number of piperidine rings is 1. The van der Waals surface area contributed by atoms with E-state index in [9.17, 15) is 0 Å². The molecule has 4 heteroatoms. The van der Waals surface area contributed by atoms with Gasteiger partial charge in [0.1, 0.15) is 0 Å². The minimum absolute atomic E-state index is 0.171. The van der Waals surface area contributed by atoms with Crippen molar-refractivity contribution in [1.82, 2.24) is 15.2 Å². The summed E-state index contributed by atoms with van der Waals surface area (Å²) in [5.41, 5.74) is 1.06. The molecule has 0 aliphatic carbocycles. The Bertz CT molecular complexity index is 427. The van der Waals surface area contributed by atoms with Gasteiger partial charge in [-0.3, -0.25) is 4.98 Å². The fraction of sp³-hybridized carbons (Fsp3) is 0.500. The molecule has 1 unspecified atom stereocenters. The lowest BCUT2D eigenvalue weighted by Crippen LogP contribution is -2.39. The zero-order valence-electron chi connectivity index (χ0n) is 11.9. The van der Waals surface area contributed by atoms with Crippen molar-refractivity contribution in [3.8, 4) is 0 Å². The largest absolute Gasteiger partial charge is 0.376 e. The monoisotopic (exact) mass is 289 g/mol. The third kappa shape index (κ3) is 4.39. The first-order chi connectivity index (χ1) is 9.81. The second-order valence-corrected chi connectivity index (χ2v) is 5.64. The Morgan fingerprint density at radius 1 is 1.40 bits per heavy atom. The van der Waals surface area contributed by atoms with Crippen LogP contribution >= 0.6 is 12.2 Å². The minimum Gasteiger partial charge on any atom is -0.376 e. The van der Waals surface area contributed by atoms with Gasteiger partial charge in [-0.25, -0.2) is 0 Å². The Morgan fingerprint density at radius 3 is 2.85 bits per heavy atom. The molecule has 1 aromatic heterocycles. The Kier molecular flexibility index (Phi) is 6.15. The highest BCUT2D eigenvalue weighted by atomic mass is 32.1. The number of nitrogens with zero attached hydrogens (tertiary/aromatic N) is 2. The summed E-state index contributed by atoms with van der Waals surface area (Å²) in [7, 11) is 0. The molecule has 1 aliphatic rings. The van der Waals surface area contributed by atoms with Crippen molar-refractivity contribution in [2.75, 3.05) is 26.2 Å². The molecule has 1 aliphatic heterocycles. The van der Waals surface area contributed by atoms with Gasteiger partial charge in [0.25, 0.3) is 0 Å². The topological polar surface area (TPSA) is 28.2 Å². The number of nitrogens with one attached hydrogen (secondary N) is 1. The Morgan fingerprint density at radius 2 is 2.20 bits per heavy atom. The van der Waals surface area contributed by atoms with Gasteiger partial charge >= 0.3 is 0 Å². The molecule has 1 N–H and O–H groups in total. The van der Waals surface area contributed by atoms with Crippen molar-refractivity contribution < 1.29 is 0 Å². The SMILES string of the molecule is C=CCNC(=S)C(CN1CCCCC1)c1ccccn1. The molecule has 2 rings (SSSR count). The molecule has 0 amide bonds. The van der Waals surface area contributed by atoms with Gasteiger partial charge in [-0.05, 0) is 38.1 Å². The van der Waals surface area contributed by atoms with Gasteiger partial charge in [0.05, 0.1) is 16.6 Å². The van der Waals surface area contributed by atoms with Crippen molar-refractivity contribution in [3.05, 3.63) is 42.7 Å². The smallest absolute Gasteiger partial charge is 0.0860 e. The summed E-state index contributed by atoms with van der Waals surface area (Å²) < 4.78 is 0. The summed E-state index contributed by atoms with van der Waals surface area (Å²) in [5, 5.41) is 3.27. The van der Waals surface area contributed by atoms with E-state index in [0.29, 0.717) is 6.54 Å². The van der Waals surface area contributed by atoms with Gasteiger partial charge < -0.3 is 10.2 Å². The second-order valence-electron chi connectivity index (χ2n) is 5.20. The average molecular weight is 289 g/mol. The number of rotatable bonds is 6. The summed E-state index contributed by atoms with van der Waals surface area (Å²) in [6.07, 6.45) is 7.62. The van der Waals surface area contributed by atoms with Crippen LogP contribution in [-0.2, 0) is 0 Å². The van der Waals surface area contributed by atoms with Crippen LogP contribution < -0.4 is 5.32 Å². The third-order valence-electron chi connectivity index (χ3n) is 3.67. The van der Waals surface area contributed by atoms with E-state index in [2.05, 4.69) is 27.8 Å². The highest BCUT2D eigenvalue weighted by Crippen LogP contribution is 2.19. The van der Waals surface area contributed by atoms with Gasteiger partial charge in [-0.2, -0.15) is 0 Å². The summed E-state index contributed by atoms with van der Waals surface area (Å²) in [5.74, 6) is 0.171. The van der Waals surface area contributed by atoms with E-state index in [0.717, 1.165) is 17.2 Å². The van der Waals surface area contributed by atoms with Gasteiger partial charge in [-0.1, -0.05) is 30.8 Å². The number of pyridine rings is 1. The molecule has 108 valence electrons. The van der Waals surface area contributed by atoms with Crippen LogP contribution in [-0.4, -0.2) is 41.1 Å². The quantitative estimate of drug-likeness (QED) is 0.644. The van der Waals surface area contributed by atoms with E-state index in [1.54, 1.807) is 0 Å². The highest BCUT2D eigenvalue weighted by Gasteiger charge is 2.22. The van der Waals surface area contributed by atoms with Gasteiger partial charge in [-0.15, -0.1) is 6.58 Å². The molecule has 1 fully saturated rings. The maximum Gasteiger partial charge on any atom is 0.0860 e. The van der Waals surface area contributed by atoms with Crippen LogP contribution in [0.15, 0.2) is 37.1 Å². The van der Waals surface area contributed by atoms with Crippen molar-refractivity contribution in [3.63, 3.8) is 0 Å². The van der Waals surface area contributed by atoms with Crippen molar-refractivity contribution in [1.29, 1.82) is 0 Å². The maximum atomic E-state index is 5.57. The minimum atomic E-state index is 0.171. The fourth-order valence-electron chi connectivity index (χ4n) is 2.59. The lowest BCUT2D eigenvalue weighted by atomic mass is 10.0. The molecule has 1 saturated heterocycles. The first-order valence-electron chi connectivity index (χ1n) is 7.33. The van der Waals surface area contributed by atoms with Gasteiger partial charge in [0, 0.05) is 19.3 Å². The molecule has 20 heavy (non-hydrogen) atoms. The van der Waals surface area contributed by atoms with Crippen molar-refractivity contribution >= 4 is 17.2 Å². The zero-order valence-corrected chi connectivity index (χ0v) is 12.7. The predicted molar refractivity (Wildman–Crippen MR) is 88.1 cm³/mol. The van der Waals surface area contributed by atoms with Crippen LogP contribution in [0.2, 0.25) is 0 Å². The number of hydrogen-bond donors (Lipinski definition) is 1. The van der Waals surface area contributed by atoms with E-state index in [1.807, 2.05) is 24.4 Å². The normalized spacial score (nSPS) is 17.4. The number of thiocarbonyl (C=S) groups is 1. The van der Waals surface area contributed by atoms with E-state index in [1.165, 1.54) is 32.4 Å². The average Bonchev–Trinajstić information content (AvgIpc) is 2.52. The van der Waals surface area contributed by atoms with Crippen LogP contribution in [0.5, 0.6) is 0 Å². The zero-order chi connectivity index (χ0) is 14.2. The Balaban J connectivity index is 2.06. The van der Waals surface area contributed by atoms with Crippen LogP contribution in [0.1, 0.15) is 30.9 Å². The summed E-state index contributed by atoms with van der Waals surface area (Å²) >= 11 is 5.57. The molecule has 0 spiro atoms. The van der Waals surface area contributed by atoms with E-state index in [-0.39, 0.29) is 5.92 Å². The summed E-state index contributed by atoms with van der Waals surface area (Å²) in [6.45, 7) is 7.75. The Labute approximate surface area is 127 Å². The van der Waals surface area contributed by atoms with E-state index in [4.69, 9.17) is 12.2 Å². The highest BCUT2D eigenvalue weighted by molar-refractivity contribution is 7.80. The first kappa shape index (κ1) is 15.1. The predicted octanol–water partition coefficient (Wildman–Crippen LogP) is 2.75. The summed E-state index contributed by atoms with van der Waals surface area (Å²) in [4.78, 5) is 7.87. The van der Waals surface area contributed by atoms with Crippen LogP contribution in [0.25, 0.3) is 0 Å². The molecule has 0 radical (unpaired) electrons. The number of likely N-dealkylation sites (tertiary alicyclic amines) is 1. The molecule has 0 saturated carbocycles. The fourth-order valence-corrected chi connectivity index (χ4v) is 2.87. The van der Waals surface area contributed by atoms with Gasteiger partial charge in [0.2, 0.25) is 0 Å². The second kappa shape index (κ2) is 8.12. The number of aromatic nitrogens is 1. The lowest BCUT2D eigenvalue weighted by Gasteiger charge is -2.30. The van der Waals surface area contributed by atoms with Crippen LogP contribution in [0.3, 0.4) is 0 Å². The van der Waals surface area contributed by atoms with Gasteiger partial charge in [0.15, 0.2) is 0 Å². The molecule has 3 nitrogen and oxygen atoms in total. The molecule has 0 bridgehead atoms. The first-order valence-corrected chi connectivity index (χ1v) is 7.74. The molecule has 1 atom stereocenters. The summed E-state index contributed by atoms with van der Waals surface area (Å²) in [6, 6.07) is 6.04. The van der Waals surface area contributed by atoms with Crippen molar-refractivity contribution in [2.45, 2.75) is 25.2 Å². The van der Waals surface area contributed by atoms with Crippen LogP contribution in [0.4, 0.5) is 0 Å². The number of hydrogen-bond acceptors (Lipinski definition) is 3. The lowest BCUT2D eigenvalue weighted by molar-refractivity contribution is 0.226. The molecule has 2 heterocycles. The third-order valence-corrected chi connectivity index (χ3v) is 4.10. The molecule has 1 aromatic rings. The molecular formula is C16H23N3S. The Hall–Kier alpha value is -1.26. The van der Waals surface area contributed by atoms with E-state index >= 15 is 0 Å². The van der Waals surface area contributed by atoms with Crippen molar-refractivity contribution in [2.24, 2.45) is 0 Å². The van der Waals surface area contributed by atoms with E-state index < -0.39 is 0 Å². The standard InChI is InChI=1S/C16H23N3S/c1-2-9-18-16(20)14(15-8-4-5-10-17-15)13-19-11-6-3-7-12-19/h2,4-5,8,10,14H,1,3,6-7,9,11-13H2,(H,18,20). The van der Waals surface area contributed by atoms with Crippen LogP contribution in [0, 0.1) is 0 Å².